The van der Waals surface area contributed by atoms with Crippen LogP contribution in [0.1, 0.15) is 43.1 Å². The maximum atomic E-state index is 12.9. The van der Waals surface area contributed by atoms with Gasteiger partial charge >= 0.3 is 0 Å². The van der Waals surface area contributed by atoms with Crippen LogP contribution in [0.2, 0.25) is 0 Å². The lowest BCUT2D eigenvalue weighted by molar-refractivity contribution is -0.149. The minimum absolute atomic E-state index is 0.131. The van der Waals surface area contributed by atoms with Crippen LogP contribution in [0, 0.1) is 0 Å². The molecule has 1 atom stereocenters. The molecule has 24 heavy (non-hydrogen) atoms. The van der Waals surface area contributed by atoms with Gasteiger partial charge in [0.15, 0.2) is 5.76 Å². The Labute approximate surface area is 141 Å². The van der Waals surface area contributed by atoms with Crippen molar-refractivity contribution in [3.8, 4) is 0 Å². The van der Waals surface area contributed by atoms with E-state index in [0.29, 0.717) is 31.5 Å². The predicted molar refractivity (Wildman–Crippen MR) is 85.3 cm³/mol. The molecule has 1 aliphatic carbocycles. The second-order valence-electron chi connectivity index (χ2n) is 7.08. The van der Waals surface area contributed by atoms with Crippen molar-refractivity contribution in [3.63, 3.8) is 0 Å². The third-order valence-electron chi connectivity index (χ3n) is 5.59. The Balaban J connectivity index is 1.36. The van der Waals surface area contributed by atoms with E-state index >= 15 is 0 Å². The van der Waals surface area contributed by atoms with Crippen LogP contribution in [0.25, 0.3) is 0 Å². The average molecular weight is 335 g/mol. The lowest BCUT2D eigenvalue weighted by Gasteiger charge is -2.45. The number of aliphatic hydroxyl groups excluding tert-OH is 1. The van der Waals surface area contributed by atoms with Crippen molar-refractivity contribution in [1.29, 1.82) is 0 Å². The summed E-state index contributed by atoms with van der Waals surface area (Å²) < 4.78 is 10.6. The van der Waals surface area contributed by atoms with Crippen LogP contribution in [-0.4, -0.2) is 70.9 Å². The summed E-state index contributed by atoms with van der Waals surface area (Å²) >= 11 is 0. The minimum atomic E-state index is -0.141. The zero-order valence-corrected chi connectivity index (χ0v) is 13.9. The van der Waals surface area contributed by atoms with Gasteiger partial charge in [-0.25, -0.2) is 0 Å². The van der Waals surface area contributed by atoms with Gasteiger partial charge in [0.2, 0.25) is 5.91 Å². The van der Waals surface area contributed by atoms with E-state index in [2.05, 4.69) is 10.1 Å². The first-order valence-electron chi connectivity index (χ1n) is 8.95. The molecule has 1 aromatic heterocycles. The normalized spacial score (nSPS) is 26.7. The van der Waals surface area contributed by atoms with Gasteiger partial charge in [-0.3, -0.25) is 9.69 Å². The number of hydrogen-bond donors (Lipinski definition) is 1. The van der Waals surface area contributed by atoms with Gasteiger partial charge in [-0.2, -0.15) is 0 Å². The SMILES string of the molecule is O=C(C1COCCN1C1CCCC1)N1CC(c2cc(CO)on2)C1. The molecule has 1 aromatic rings. The molecule has 7 nitrogen and oxygen atoms in total. The fraction of sp³-hybridized carbons (Fsp3) is 0.765. The highest BCUT2D eigenvalue weighted by molar-refractivity contribution is 5.83. The standard InChI is InChI=1S/C17H25N3O4/c21-10-14-7-15(18-24-14)12-8-19(9-12)17(22)16-11-23-6-5-20(16)13-3-1-2-4-13/h7,12-13,16,21H,1-6,8-11H2. The topological polar surface area (TPSA) is 79.0 Å². The highest BCUT2D eigenvalue weighted by Gasteiger charge is 2.41. The molecule has 0 spiro atoms. The number of carbonyl (C=O) groups excluding carboxylic acids is 1. The molecule has 1 unspecified atom stereocenters. The zero-order valence-electron chi connectivity index (χ0n) is 13.9. The van der Waals surface area contributed by atoms with E-state index in [1.54, 1.807) is 6.07 Å². The van der Waals surface area contributed by atoms with Gasteiger partial charge in [-0.1, -0.05) is 18.0 Å². The van der Waals surface area contributed by atoms with Crippen molar-refractivity contribution >= 4 is 5.91 Å². The first kappa shape index (κ1) is 16.1. The Kier molecular flexibility index (Phi) is 4.56. The molecule has 132 valence electrons. The van der Waals surface area contributed by atoms with Crippen LogP contribution in [-0.2, 0) is 16.1 Å². The molecule has 2 aliphatic heterocycles. The number of nitrogens with zero attached hydrogens (tertiary/aromatic N) is 3. The number of ether oxygens (including phenoxy) is 1. The monoisotopic (exact) mass is 335 g/mol. The summed E-state index contributed by atoms with van der Waals surface area (Å²) in [6.45, 7) is 3.30. The van der Waals surface area contributed by atoms with E-state index in [0.717, 1.165) is 18.8 Å². The summed E-state index contributed by atoms with van der Waals surface area (Å²) in [6.07, 6.45) is 4.95. The summed E-state index contributed by atoms with van der Waals surface area (Å²) in [5.74, 6) is 0.869. The maximum absolute atomic E-state index is 12.9. The van der Waals surface area contributed by atoms with E-state index in [4.69, 9.17) is 14.4 Å². The predicted octanol–water partition coefficient (Wildman–Crippen LogP) is 0.736. The molecular formula is C17H25N3O4. The second kappa shape index (κ2) is 6.82. The average Bonchev–Trinajstić information content (AvgIpc) is 3.25. The lowest BCUT2D eigenvalue weighted by atomic mass is 9.94. The maximum Gasteiger partial charge on any atom is 0.242 e. The molecule has 3 aliphatic rings. The third kappa shape index (κ3) is 2.96. The van der Waals surface area contributed by atoms with Crippen molar-refractivity contribution in [1.82, 2.24) is 15.0 Å². The first-order chi connectivity index (χ1) is 11.8. The molecule has 3 heterocycles. The minimum Gasteiger partial charge on any atom is -0.388 e. The molecule has 1 saturated carbocycles. The number of hydrogen-bond acceptors (Lipinski definition) is 6. The van der Waals surface area contributed by atoms with Gasteiger partial charge in [0.05, 0.1) is 18.9 Å². The van der Waals surface area contributed by atoms with E-state index in [1.807, 2.05) is 4.90 Å². The van der Waals surface area contributed by atoms with Crippen molar-refractivity contribution in [2.45, 2.75) is 50.3 Å². The van der Waals surface area contributed by atoms with Crippen LogP contribution in [0.15, 0.2) is 10.6 Å². The van der Waals surface area contributed by atoms with Gasteiger partial charge in [0, 0.05) is 37.7 Å². The fourth-order valence-corrected chi connectivity index (χ4v) is 4.15. The van der Waals surface area contributed by atoms with E-state index in [1.165, 1.54) is 25.7 Å². The number of carbonyl (C=O) groups is 1. The fourth-order valence-electron chi connectivity index (χ4n) is 4.15. The van der Waals surface area contributed by atoms with E-state index < -0.39 is 0 Å². The highest BCUT2D eigenvalue weighted by Crippen LogP contribution is 2.31. The van der Waals surface area contributed by atoms with Crippen LogP contribution in [0.5, 0.6) is 0 Å². The van der Waals surface area contributed by atoms with E-state index in [9.17, 15) is 4.79 Å². The number of morpholine rings is 1. The molecule has 0 radical (unpaired) electrons. The Bertz CT molecular complexity index is 578. The summed E-state index contributed by atoms with van der Waals surface area (Å²) in [5.41, 5.74) is 0.829. The van der Waals surface area contributed by atoms with Gasteiger partial charge in [0.25, 0.3) is 0 Å². The molecule has 1 N–H and O–H groups in total. The molecule has 2 saturated heterocycles. The largest absolute Gasteiger partial charge is 0.388 e. The number of aromatic nitrogens is 1. The number of amides is 1. The quantitative estimate of drug-likeness (QED) is 0.874. The van der Waals surface area contributed by atoms with Crippen LogP contribution < -0.4 is 0 Å². The van der Waals surface area contributed by atoms with Crippen molar-refractivity contribution < 1.29 is 19.2 Å². The van der Waals surface area contributed by atoms with Gasteiger partial charge < -0.3 is 19.3 Å². The molecule has 4 rings (SSSR count). The van der Waals surface area contributed by atoms with Crippen LogP contribution >= 0.6 is 0 Å². The Morgan fingerprint density at radius 3 is 2.83 bits per heavy atom. The van der Waals surface area contributed by atoms with Gasteiger partial charge in [0.1, 0.15) is 12.6 Å². The van der Waals surface area contributed by atoms with Crippen molar-refractivity contribution in [2.75, 3.05) is 32.8 Å². The Morgan fingerprint density at radius 1 is 1.33 bits per heavy atom. The van der Waals surface area contributed by atoms with Gasteiger partial charge in [-0.05, 0) is 12.8 Å². The lowest BCUT2D eigenvalue weighted by Crippen LogP contribution is -2.61. The summed E-state index contributed by atoms with van der Waals surface area (Å²) in [4.78, 5) is 17.2. The van der Waals surface area contributed by atoms with Crippen LogP contribution in [0.4, 0.5) is 0 Å². The van der Waals surface area contributed by atoms with Crippen LogP contribution in [0.3, 0.4) is 0 Å². The number of likely N-dealkylation sites (tertiary alicyclic amines) is 1. The smallest absolute Gasteiger partial charge is 0.242 e. The molecular weight excluding hydrogens is 310 g/mol. The molecule has 0 aromatic carbocycles. The Morgan fingerprint density at radius 2 is 2.12 bits per heavy atom. The summed E-state index contributed by atoms with van der Waals surface area (Å²) in [7, 11) is 0. The Hall–Kier alpha value is -1.44. The zero-order chi connectivity index (χ0) is 16.5. The summed E-state index contributed by atoms with van der Waals surface area (Å²) in [5, 5.41) is 13.0. The summed E-state index contributed by atoms with van der Waals surface area (Å²) in [6, 6.07) is 2.19. The van der Waals surface area contributed by atoms with E-state index in [-0.39, 0.29) is 24.5 Å². The number of rotatable bonds is 4. The molecule has 3 fully saturated rings. The van der Waals surface area contributed by atoms with Crippen molar-refractivity contribution in [3.05, 3.63) is 17.5 Å². The molecule has 1 amide bonds. The third-order valence-corrected chi connectivity index (χ3v) is 5.59. The highest BCUT2D eigenvalue weighted by atomic mass is 16.5. The van der Waals surface area contributed by atoms with Gasteiger partial charge in [-0.15, -0.1) is 0 Å². The number of aliphatic hydroxyl groups is 1. The first-order valence-corrected chi connectivity index (χ1v) is 8.95. The molecule has 7 heteroatoms. The second-order valence-corrected chi connectivity index (χ2v) is 7.08. The van der Waals surface area contributed by atoms with Crippen molar-refractivity contribution in [2.24, 2.45) is 0 Å². The molecule has 0 bridgehead atoms.